The lowest BCUT2D eigenvalue weighted by molar-refractivity contribution is 0.0162. The average Bonchev–Trinajstić information content (AvgIpc) is 3.20. The van der Waals surface area contributed by atoms with Crippen LogP contribution in [0.15, 0.2) is 42.5 Å². The highest BCUT2D eigenvalue weighted by molar-refractivity contribution is 5.94. The number of likely N-dealkylation sites (N-methyl/N-ethyl adjacent to an activating group) is 1. The number of unbranched alkanes of at least 4 members (excludes halogenated alkanes) is 1. The highest BCUT2D eigenvalue weighted by Crippen LogP contribution is 2.31. The Labute approximate surface area is 191 Å². The van der Waals surface area contributed by atoms with Gasteiger partial charge in [0.2, 0.25) is 0 Å². The Hall–Kier alpha value is -2.57. The summed E-state index contributed by atoms with van der Waals surface area (Å²) in [5, 5.41) is 3.17. The maximum Gasteiger partial charge on any atom is 0.251 e. The number of anilines is 1. The van der Waals surface area contributed by atoms with E-state index in [9.17, 15) is 4.79 Å². The number of rotatable bonds is 9. The minimum atomic E-state index is -0.0516. The first kappa shape index (κ1) is 22.6. The van der Waals surface area contributed by atoms with Crippen molar-refractivity contribution >= 4 is 11.6 Å². The van der Waals surface area contributed by atoms with Gasteiger partial charge in [0.1, 0.15) is 5.75 Å². The van der Waals surface area contributed by atoms with Gasteiger partial charge in [0.15, 0.2) is 0 Å². The Morgan fingerprint density at radius 1 is 1.12 bits per heavy atom. The lowest BCUT2D eigenvalue weighted by Gasteiger charge is -2.35. The van der Waals surface area contributed by atoms with Gasteiger partial charge in [-0.25, -0.2) is 0 Å². The number of hydrogen-bond acceptors (Lipinski definition) is 5. The Bertz CT molecular complexity index is 894. The molecule has 32 heavy (non-hydrogen) atoms. The monoisotopic (exact) mass is 437 g/mol. The fourth-order valence-corrected chi connectivity index (χ4v) is 4.47. The molecule has 0 saturated carbocycles. The summed E-state index contributed by atoms with van der Waals surface area (Å²) in [4.78, 5) is 17.6. The quantitative estimate of drug-likeness (QED) is 0.607. The highest BCUT2D eigenvalue weighted by atomic mass is 16.5. The van der Waals surface area contributed by atoms with Crippen LogP contribution in [0.25, 0.3) is 0 Å². The number of nitrogens with one attached hydrogen (secondary N) is 1. The number of amides is 1. The second-order valence-corrected chi connectivity index (χ2v) is 8.66. The largest absolute Gasteiger partial charge is 0.494 e. The topological polar surface area (TPSA) is 54.0 Å². The fraction of sp³-hybridized carbons (Fsp3) is 0.500. The minimum absolute atomic E-state index is 0.0516. The van der Waals surface area contributed by atoms with Crippen LogP contribution in [0, 0.1) is 0 Å². The molecule has 2 aromatic carbocycles. The number of carbonyl (C=O) groups is 1. The molecule has 0 aromatic heterocycles. The summed E-state index contributed by atoms with van der Waals surface area (Å²) in [7, 11) is 2.14. The summed E-state index contributed by atoms with van der Waals surface area (Å²) in [5.41, 5.74) is 4.64. The number of fused-ring (bicyclic) bond motifs is 1. The van der Waals surface area contributed by atoms with Crippen LogP contribution < -0.4 is 15.0 Å². The van der Waals surface area contributed by atoms with Crippen molar-refractivity contribution in [3.05, 3.63) is 59.2 Å². The average molecular weight is 438 g/mol. The molecule has 172 valence electrons. The Kier molecular flexibility index (Phi) is 7.66. The molecule has 2 aromatic rings. The predicted octanol–water partition coefficient (Wildman–Crippen LogP) is 3.66. The lowest BCUT2D eigenvalue weighted by atomic mass is 10.00. The van der Waals surface area contributed by atoms with E-state index in [0.717, 1.165) is 57.9 Å². The number of hydrogen-bond donors (Lipinski definition) is 1. The normalized spacial score (nSPS) is 17.1. The maximum atomic E-state index is 12.9. The van der Waals surface area contributed by atoms with E-state index in [1.165, 1.54) is 16.8 Å². The minimum Gasteiger partial charge on any atom is -0.494 e. The summed E-state index contributed by atoms with van der Waals surface area (Å²) in [6.07, 6.45) is 3.21. The van der Waals surface area contributed by atoms with E-state index in [0.29, 0.717) is 18.7 Å². The summed E-state index contributed by atoms with van der Waals surface area (Å²) in [6, 6.07) is 14.3. The van der Waals surface area contributed by atoms with Crippen LogP contribution in [0.1, 0.15) is 47.3 Å². The molecule has 4 rings (SSSR count). The summed E-state index contributed by atoms with van der Waals surface area (Å²) >= 11 is 0. The molecule has 2 aliphatic heterocycles. The third-order valence-electron chi connectivity index (χ3n) is 6.44. The zero-order valence-electron chi connectivity index (χ0n) is 19.3. The molecule has 0 spiro atoms. The van der Waals surface area contributed by atoms with Crippen molar-refractivity contribution in [2.24, 2.45) is 0 Å². The third kappa shape index (κ3) is 5.43. The Morgan fingerprint density at radius 2 is 1.91 bits per heavy atom. The van der Waals surface area contributed by atoms with Crippen molar-refractivity contribution in [1.29, 1.82) is 0 Å². The van der Waals surface area contributed by atoms with Crippen molar-refractivity contribution in [3.8, 4) is 5.75 Å². The van der Waals surface area contributed by atoms with Crippen LogP contribution in [0.2, 0.25) is 0 Å². The van der Waals surface area contributed by atoms with Gasteiger partial charge in [-0.3, -0.25) is 9.69 Å². The first-order valence-corrected chi connectivity index (χ1v) is 11.8. The van der Waals surface area contributed by atoms with Crippen LogP contribution in [0.5, 0.6) is 5.75 Å². The van der Waals surface area contributed by atoms with Gasteiger partial charge in [0.05, 0.1) is 25.9 Å². The number of benzene rings is 2. The van der Waals surface area contributed by atoms with Gasteiger partial charge in [0.25, 0.3) is 5.91 Å². The molecule has 0 radical (unpaired) electrons. The summed E-state index contributed by atoms with van der Waals surface area (Å²) in [6.45, 7) is 7.71. The molecule has 1 amide bonds. The molecule has 0 unspecified atom stereocenters. The van der Waals surface area contributed by atoms with Crippen LogP contribution >= 0.6 is 0 Å². The van der Waals surface area contributed by atoms with Gasteiger partial charge < -0.3 is 19.7 Å². The lowest BCUT2D eigenvalue weighted by Crippen LogP contribution is -2.43. The van der Waals surface area contributed by atoms with Crippen molar-refractivity contribution in [2.75, 3.05) is 57.9 Å². The molecule has 1 saturated heterocycles. The molecular formula is C26H35N3O3. The molecule has 2 aliphatic rings. The van der Waals surface area contributed by atoms with E-state index in [2.05, 4.69) is 47.3 Å². The molecular weight excluding hydrogens is 402 g/mol. The molecule has 1 fully saturated rings. The zero-order chi connectivity index (χ0) is 22.3. The number of ether oxygens (including phenoxy) is 2. The van der Waals surface area contributed by atoms with Gasteiger partial charge in [-0.1, -0.05) is 25.5 Å². The summed E-state index contributed by atoms with van der Waals surface area (Å²) < 4.78 is 11.3. The van der Waals surface area contributed by atoms with Gasteiger partial charge in [0, 0.05) is 44.5 Å². The van der Waals surface area contributed by atoms with Gasteiger partial charge in [-0.05, 0) is 54.3 Å². The van der Waals surface area contributed by atoms with Crippen LogP contribution in [0.4, 0.5) is 5.69 Å². The molecule has 1 N–H and O–H groups in total. The third-order valence-corrected chi connectivity index (χ3v) is 6.44. The fourth-order valence-electron chi connectivity index (χ4n) is 4.47. The smallest absolute Gasteiger partial charge is 0.251 e. The van der Waals surface area contributed by atoms with Crippen molar-refractivity contribution in [1.82, 2.24) is 10.2 Å². The van der Waals surface area contributed by atoms with Gasteiger partial charge >= 0.3 is 0 Å². The summed E-state index contributed by atoms with van der Waals surface area (Å²) in [5.74, 6) is 0.758. The van der Waals surface area contributed by atoms with Crippen molar-refractivity contribution in [3.63, 3.8) is 0 Å². The zero-order valence-corrected chi connectivity index (χ0v) is 19.3. The van der Waals surface area contributed by atoms with E-state index in [1.807, 2.05) is 24.3 Å². The van der Waals surface area contributed by atoms with E-state index in [-0.39, 0.29) is 11.9 Å². The molecule has 1 atom stereocenters. The number of morpholine rings is 1. The van der Waals surface area contributed by atoms with Crippen LogP contribution in [-0.4, -0.2) is 63.9 Å². The van der Waals surface area contributed by atoms with Crippen molar-refractivity contribution in [2.45, 2.75) is 32.2 Å². The van der Waals surface area contributed by atoms with E-state index in [4.69, 9.17) is 9.47 Å². The van der Waals surface area contributed by atoms with Crippen LogP contribution in [0.3, 0.4) is 0 Å². The second-order valence-electron chi connectivity index (χ2n) is 8.66. The van der Waals surface area contributed by atoms with Crippen molar-refractivity contribution < 1.29 is 14.3 Å². The maximum absolute atomic E-state index is 12.9. The molecule has 0 aliphatic carbocycles. The standard InChI is InChI=1S/C26H35N3O3/c1-3-4-15-32-23-8-5-20(6-9-23)26(30)27-19-25(29-13-16-31-17-14-29)21-7-10-24-22(18-21)11-12-28(24)2/h5-10,18,25H,3-4,11-17,19H2,1-2H3,(H,27,30)/t25-/m0/s1. The molecule has 0 bridgehead atoms. The predicted molar refractivity (Wildman–Crippen MR) is 128 cm³/mol. The number of carbonyl (C=O) groups excluding carboxylic acids is 1. The molecule has 2 heterocycles. The SMILES string of the molecule is CCCCOc1ccc(C(=O)NC[C@@H](c2ccc3c(c2)CCN3C)N2CCOCC2)cc1. The number of nitrogens with zero attached hydrogens (tertiary/aromatic N) is 2. The van der Waals surface area contributed by atoms with E-state index >= 15 is 0 Å². The van der Waals surface area contributed by atoms with E-state index in [1.54, 1.807) is 0 Å². The first-order valence-electron chi connectivity index (χ1n) is 11.8. The van der Waals surface area contributed by atoms with Gasteiger partial charge in [-0.15, -0.1) is 0 Å². The first-order chi connectivity index (χ1) is 15.7. The highest BCUT2D eigenvalue weighted by Gasteiger charge is 2.25. The Morgan fingerprint density at radius 3 is 2.66 bits per heavy atom. The molecule has 6 nitrogen and oxygen atoms in total. The van der Waals surface area contributed by atoms with Crippen LogP contribution in [-0.2, 0) is 11.2 Å². The molecule has 6 heteroatoms. The van der Waals surface area contributed by atoms with Gasteiger partial charge in [-0.2, -0.15) is 0 Å². The second kappa shape index (κ2) is 10.8. The van der Waals surface area contributed by atoms with E-state index < -0.39 is 0 Å². The Balaban J connectivity index is 1.43.